The monoisotopic (exact) mass is 364 g/mol. The summed E-state index contributed by atoms with van der Waals surface area (Å²) in [5.41, 5.74) is 0. The lowest BCUT2D eigenvalue weighted by atomic mass is 9.81. The normalized spacial score (nSPS) is 23.6. The molecule has 0 bridgehead atoms. The van der Waals surface area contributed by atoms with Gasteiger partial charge in [-0.05, 0) is 82.2 Å². The summed E-state index contributed by atoms with van der Waals surface area (Å²) in [6.07, 6.45) is 7.86. The molecule has 2 atom stereocenters. The standard InChI is InChI=1S/C23H44N2O/c1-17(2)21-9-13-24(14-10-21)20(6)8-7-19(5)22-11-15-25(16-12-22)23(26)18(3)4/h17-22H,7-16H2,1-6H3. The number of carbonyl (C=O) groups is 1. The molecule has 0 radical (unpaired) electrons. The van der Waals surface area contributed by atoms with Gasteiger partial charge in [-0.3, -0.25) is 4.79 Å². The van der Waals surface area contributed by atoms with Gasteiger partial charge < -0.3 is 9.80 Å². The highest BCUT2D eigenvalue weighted by Gasteiger charge is 2.28. The van der Waals surface area contributed by atoms with Crippen LogP contribution in [0.1, 0.15) is 80.1 Å². The Labute approximate surface area is 162 Å². The van der Waals surface area contributed by atoms with Gasteiger partial charge in [0.2, 0.25) is 5.91 Å². The fraction of sp³-hybridized carbons (Fsp3) is 0.957. The molecule has 0 aromatic heterocycles. The van der Waals surface area contributed by atoms with Crippen LogP contribution in [0.15, 0.2) is 0 Å². The van der Waals surface area contributed by atoms with Gasteiger partial charge >= 0.3 is 0 Å². The Bertz CT molecular complexity index is 418. The van der Waals surface area contributed by atoms with E-state index in [2.05, 4.69) is 37.5 Å². The van der Waals surface area contributed by atoms with Crippen LogP contribution >= 0.6 is 0 Å². The van der Waals surface area contributed by atoms with Crippen molar-refractivity contribution >= 4 is 5.91 Å². The molecule has 0 saturated carbocycles. The van der Waals surface area contributed by atoms with Gasteiger partial charge in [-0.25, -0.2) is 0 Å². The van der Waals surface area contributed by atoms with E-state index in [1.807, 2.05) is 13.8 Å². The molecule has 2 rings (SSSR count). The van der Waals surface area contributed by atoms with Crippen LogP contribution in [0.5, 0.6) is 0 Å². The van der Waals surface area contributed by atoms with E-state index in [-0.39, 0.29) is 5.92 Å². The van der Waals surface area contributed by atoms with E-state index < -0.39 is 0 Å². The van der Waals surface area contributed by atoms with Crippen LogP contribution in [0.25, 0.3) is 0 Å². The van der Waals surface area contributed by atoms with Crippen LogP contribution in [-0.4, -0.2) is 47.9 Å². The fourth-order valence-electron chi connectivity index (χ4n) is 5.00. The third kappa shape index (κ3) is 5.97. The molecule has 3 nitrogen and oxygen atoms in total. The summed E-state index contributed by atoms with van der Waals surface area (Å²) in [4.78, 5) is 17.0. The van der Waals surface area contributed by atoms with Crippen molar-refractivity contribution in [2.24, 2.45) is 29.6 Å². The zero-order valence-electron chi connectivity index (χ0n) is 18.3. The van der Waals surface area contributed by atoms with Crippen LogP contribution in [-0.2, 0) is 4.79 Å². The fourth-order valence-corrected chi connectivity index (χ4v) is 5.00. The Morgan fingerprint density at radius 2 is 1.35 bits per heavy atom. The van der Waals surface area contributed by atoms with Gasteiger partial charge in [-0.1, -0.05) is 34.6 Å². The summed E-state index contributed by atoms with van der Waals surface area (Å²) in [6.45, 7) is 18.2. The number of piperidine rings is 2. The summed E-state index contributed by atoms with van der Waals surface area (Å²) >= 11 is 0. The van der Waals surface area contributed by atoms with Crippen molar-refractivity contribution in [1.82, 2.24) is 9.80 Å². The highest BCUT2D eigenvalue weighted by Crippen LogP contribution is 2.31. The topological polar surface area (TPSA) is 23.6 Å². The van der Waals surface area contributed by atoms with E-state index in [1.54, 1.807) is 0 Å². The lowest BCUT2D eigenvalue weighted by Gasteiger charge is -2.39. The summed E-state index contributed by atoms with van der Waals surface area (Å²) in [7, 11) is 0. The van der Waals surface area contributed by atoms with Crippen molar-refractivity contribution in [2.75, 3.05) is 26.2 Å². The van der Waals surface area contributed by atoms with Crippen molar-refractivity contribution in [1.29, 1.82) is 0 Å². The van der Waals surface area contributed by atoms with Crippen LogP contribution in [0.2, 0.25) is 0 Å². The van der Waals surface area contributed by atoms with Crippen molar-refractivity contribution < 1.29 is 4.79 Å². The molecule has 152 valence electrons. The maximum absolute atomic E-state index is 12.1. The third-order valence-corrected chi connectivity index (χ3v) is 7.33. The van der Waals surface area contributed by atoms with Crippen molar-refractivity contribution in [3.8, 4) is 0 Å². The number of rotatable bonds is 7. The van der Waals surface area contributed by atoms with E-state index >= 15 is 0 Å². The quantitative estimate of drug-likeness (QED) is 0.631. The smallest absolute Gasteiger partial charge is 0.225 e. The zero-order valence-corrected chi connectivity index (χ0v) is 18.3. The third-order valence-electron chi connectivity index (χ3n) is 7.33. The van der Waals surface area contributed by atoms with Crippen LogP contribution in [0.4, 0.5) is 0 Å². The minimum atomic E-state index is 0.143. The van der Waals surface area contributed by atoms with Gasteiger partial charge in [0, 0.05) is 25.0 Å². The molecular formula is C23H44N2O. The van der Waals surface area contributed by atoms with Crippen molar-refractivity contribution in [2.45, 2.75) is 86.1 Å². The van der Waals surface area contributed by atoms with E-state index in [9.17, 15) is 4.79 Å². The molecule has 26 heavy (non-hydrogen) atoms. The highest BCUT2D eigenvalue weighted by molar-refractivity contribution is 5.78. The molecular weight excluding hydrogens is 320 g/mol. The molecule has 0 N–H and O–H groups in total. The maximum Gasteiger partial charge on any atom is 0.225 e. The van der Waals surface area contributed by atoms with Gasteiger partial charge in [0.05, 0.1) is 0 Å². The molecule has 0 spiro atoms. The number of nitrogens with zero attached hydrogens (tertiary/aromatic N) is 2. The highest BCUT2D eigenvalue weighted by atomic mass is 16.2. The first-order chi connectivity index (χ1) is 12.3. The Hall–Kier alpha value is -0.570. The molecule has 2 saturated heterocycles. The minimum Gasteiger partial charge on any atom is -0.342 e. The molecule has 2 aliphatic rings. The predicted octanol–water partition coefficient (Wildman–Crippen LogP) is 5.05. The first-order valence-corrected chi connectivity index (χ1v) is 11.3. The summed E-state index contributed by atoms with van der Waals surface area (Å²) in [6, 6.07) is 0.730. The molecule has 2 unspecified atom stereocenters. The largest absolute Gasteiger partial charge is 0.342 e. The Kier molecular flexibility index (Phi) is 8.44. The Morgan fingerprint density at radius 1 is 0.808 bits per heavy atom. The van der Waals surface area contributed by atoms with Gasteiger partial charge in [0.25, 0.3) is 0 Å². The van der Waals surface area contributed by atoms with Crippen LogP contribution < -0.4 is 0 Å². The predicted molar refractivity (Wildman–Crippen MR) is 111 cm³/mol. The van der Waals surface area contributed by atoms with E-state index in [1.165, 1.54) is 51.6 Å². The van der Waals surface area contributed by atoms with Crippen LogP contribution in [0, 0.1) is 29.6 Å². The zero-order chi connectivity index (χ0) is 19.3. The lowest BCUT2D eigenvalue weighted by molar-refractivity contribution is -0.136. The number of carbonyl (C=O) groups excluding carboxylic acids is 1. The summed E-state index contributed by atoms with van der Waals surface area (Å²) < 4.78 is 0. The molecule has 0 aromatic carbocycles. The van der Waals surface area contributed by atoms with Gasteiger partial charge in [0.15, 0.2) is 0 Å². The number of hydrogen-bond donors (Lipinski definition) is 0. The summed E-state index contributed by atoms with van der Waals surface area (Å²) in [5, 5.41) is 0. The Morgan fingerprint density at radius 3 is 1.85 bits per heavy atom. The second-order valence-electron chi connectivity index (χ2n) is 9.84. The average Bonchev–Trinajstić information content (AvgIpc) is 2.65. The van der Waals surface area contributed by atoms with Gasteiger partial charge in [-0.15, -0.1) is 0 Å². The number of amides is 1. The number of likely N-dealkylation sites (tertiary alicyclic amines) is 2. The lowest BCUT2D eigenvalue weighted by Crippen LogP contribution is -2.42. The van der Waals surface area contributed by atoms with E-state index in [0.29, 0.717) is 5.91 Å². The van der Waals surface area contributed by atoms with Crippen LogP contribution in [0.3, 0.4) is 0 Å². The van der Waals surface area contributed by atoms with Crippen molar-refractivity contribution in [3.05, 3.63) is 0 Å². The average molecular weight is 365 g/mol. The molecule has 2 heterocycles. The molecule has 3 heteroatoms. The van der Waals surface area contributed by atoms with E-state index in [0.717, 1.165) is 42.8 Å². The SMILES string of the molecule is CC(C)C(=O)N1CCC(C(C)CCC(C)N2CCC(C(C)C)CC2)CC1. The van der Waals surface area contributed by atoms with Gasteiger partial charge in [0.1, 0.15) is 0 Å². The Balaban J connectivity index is 1.67. The minimum absolute atomic E-state index is 0.143. The molecule has 1 amide bonds. The first-order valence-electron chi connectivity index (χ1n) is 11.3. The van der Waals surface area contributed by atoms with Crippen molar-refractivity contribution in [3.63, 3.8) is 0 Å². The molecule has 0 aromatic rings. The second-order valence-corrected chi connectivity index (χ2v) is 9.84. The maximum atomic E-state index is 12.1. The first kappa shape index (κ1) is 21.7. The van der Waals surface area contributed by atoms with E-state index in [4.69, 9.17) is 0 Å². The second kappa shape index (κ2) is 10.1. The molecule has 0 aliphatic carbocycles. The van der Waals surface area contributed by atoms with Gasteiger partial charge in [-0.2, -0.15) is 0 Å². The molecule has 2 fully saturated rings. The number of hydrogen-bond acceptors (Lipinski definition) is 2. The molecule has 2 aliphatic heterocycles. The summed E-state index contributed by atoms with van der Waals surface area (Å²) in [5.74, 6) is 3.88.